The number of benzene rings is 2. The number of ketones is 1. The zero-order valence-electron chi connectivity index (χ0n) is 18.3. The van der Waals surface area contributed by atoms with Crippen molar-refractivity contribution in [2.45, 2.75) is 26.5 Å². The molecule has 0 saturated carbocycles. The van der Waals surface area contributed by atoms with Crippen LogP contribution >= 0.6 is 0 Å². The maximum Gasteiger partial charge on any atom is 0.338 e. The summed E-state index contributed by atoms with van der Waals surface area (Å²) in [6, 6.07) is 14.1. The van der Waals surface area contributed by atoms with Crippen LogP contribution in [0.15, 0.2) is 48.5 Å². The lowest BCUT2D eigenvalue weighted by atomic mass is 10.1. The Balaban J connectivity index is 1.23. The molecule has 0 aliphatic carbocycles. The number of aromatic nitrogens is 1. The fourth-order valence-electron chi connectivity index (χ4n) is 4.04. The fourth-order valence-corrected chi connectivity index (χ4v) is 4.04. The molecule has 8 nitrogen and oxygen atoms in total. The number of hydrogen-bond donors (Lipinski definition) is 0. The number of Topliss-reactive ketones (excluding diaryl/α,β-unsaturated/α-hetero) is 1. The topological polar surface area (TPSA) is 85.2 Å². The third-order valence-corrected chi connectivity index (χ3v) is 5.77. The van der Waals surface area contributed by atoms with E-state index in [0.29, 0.717) is 41.5 Å². The highest BCUT2D eigenvalue weighted by Crippen LogP contribution is 2.33. The second kappa shape index (κ2) is 8.54. The van der Waals surface area contributed by atoms with E-state index in [9.17, 15) is 9.59 Å². The lowest BCUT2D eigenvalue weighted by Gasteiger charge is -2.27. The zero-order chi connectivity index (χ0) is 22.9. The number of hydrogen-bond acceptors (Lipinski definition) is 7. The van der Waals surface area contributed by atoms with Crippen molar-refractivity contribution in [3.8, 4) is 23.0 Å². The van der Waals surface area contributed by atoms with E-state index in [-0.39, 0.29) is 25.3 Å². The number of ether oxygens (including phenoxy) is 5. The summed E-state index contributed by atoms with van der Waals surface area (Å²) in [5, 5.41) is 0. The highest BCUT2D eigenvalue weighted by atomic mass is 16.7. The molecule has 0 bridgehead atoms. The summed E-state index contributed by atoms with van der Waals surface area (Å²) < 4.78 is 29.7. The van der Waals surface area contributed by atoms with Gasteiger partial charge in [0.25, 0.3) is 0 Å². The van der Waals surface area contributed by atoms with E-state index >= 15 is 0 Å². The van der Waals surface area contributed by atoms with Gasteiger partial charge in [0.2, 0.25) is 12.6 Å². The molecule has 0 N–H and O–H groups in total. The zero-order valence-corrected chi connectivity index (χ0v) is 18.3. The number of fused-ring (bicyclic) bond motifs is 2. The maximum atomic E-state index is 12.8. The Morgan fingerprint density at radius 3 is 2.58 bits per heavy atom. The predicted octanol–water partition coefficient (Wildman–Crippen LogP) is 3.71. The van der Waals surface area contributed by atoms with E-state index < -0.39 is 5.97 Å². The molecule has 0 spiro atoms. The molecular formula is C25H23NO7. The third kappa shape index (κ3) is 4.11. The van der Waals surface area contributed by atoms with Crippen molar-refractivity contribution in [3.05, 3.63) is 71.0 Å². The summed E-state index contributed by atoms with van der Waals surface area (Å²) in [5.41, 5.74) is 2.52. The standard InChI is InChI=1S/C25H23NO7/c1-15-9-19(16(2)26(15)11-18-12-29-21-5-3-4-6-23(21)33-18)20(27)13-30-25(28)17-7-8-22-24(10-17)32-14-31-22/h3-10,18H,11-14H2,1-2H3/t18-/m1/s1. The number of aryl methyl sites for hydroxylation is 1. The van der Waals surface area contributed by atoms with Crippen molar-refractivity contribution in [1.29, 1.82) is 0 Å². The average molecular weight is 449 g/mol. The summed E-state index contributed by atoms with van der Waals surface area (Å²) in [6.45, 7) is 4.53. The van der Waals surface area contributed by atoms with Crippen LogP contribution in [-0.2, 0) is 11.3 Å². The number of esters is 1. The summed E-state index contributed by atoms with van der Waals surface area (Å²) in [5.74, 6) is 1.64. The van der Waals surface area contributed by atoms with E-state index in [1.165, 1.54) is 0 Å². The van der Waals surface area contributed by atoms with Gasteiger partial charge in [-0.15, -0.1) is 0 Å². The van der Waals surface area contributed by atoms with Crippen LogP contribution in [0.1, 0.15) is 32.1 Å². The van der Waals surface area contributed by atoms with E-state index in [2.05, 4.69) is 0 Å². The highest BCUT2D eigenvalue weighted by Gasteiger charge is 2.24. The Bertz CT molecular complexity index is 1230. The first kappa shape index (κ1) is 20.9. The third-order valence-electron chi connectivity index (χ3n) is 5.77. The van der Waals surface area contributed by atoms with Gasteiger partial charge < -0.3 is 28.3 Å². The predicted molar refractivity (Wildman–Crippen MR) is 117 cm³/mol. The largest absolute Gasteiger partial charge is 0.486 e. The smallest absolute Gasteiger partial charge is 0.338 e. The van der Waals surface area contributed by atoms with Crippen LogP contribution in [0.25, 0.3) is 0 Å². The van der Waals surface area contributed by atoms with Gasteiger partial charge in [0, 0.05) is 17.0 Å². The monoisotopic (exact) mass is 449 g/mol. The molecule has 2 aromatic carbocycles. The van der Waals surface area contributed by atoms with Crippen LogP contribution in [0, 0.1) is 13.8 Å². The molecule has 1 atom stereocenters. The van der Waals surface area contributed by atoms with Crippen LogP contribution in [0.4, 0.5) is 0 Å². The summed E-state index contributed by atoms with van der Waals surface area (Å²) in [6.07, 6.45) is -0.184. The molecule has 33 heavy (non-hydrogen) atoms. The van der Waals surface area contributed by atoms with Crippen molar-refractivity contribution in [1.82, 2.24) is 4.57 Å². The molecule has 1 aromatic heterocycles. The highest BCUT2D eigenvalue weighted by molar-refractivity contribution is 6.00. The second-order valence-corrected chi connectivity index (χ2v) is 7.96. The number of carbonyl (C=O) groups excluding carboxylic acids is 2. The Labute approximate surface area is 190 Å². The molecule has 5 rings (SSSR count). The molecule has 0 unspecified atom stereocenters. The molecule has 8 heteroatoms. The summed E-state index contributed by atoms with van der Waals surface area (Å²) in [4.78, 5) is 25.2. The Morgan fingerprint density at radius 1 is 0.970 bits per heavy atom. The Morgan fingerprint density at radius 2 is 1.73 bits per heavy atom. The summed E-state index contributed by atoms with van der Waals surface area (Å²) >= 11 is 0. The van der Waals surface area contributed by atoms with Gasteiger partial charge in [-0.05, 0) is 50.2 Å². The van der Waals surface area contributed by atoms with Crippen LogP contribution in [-0.4, -0.2) is 42.4 Å². The Hall–Kier alpha value is -3.94. The lowest BCUT2D eigenvalue weighted by molar-refractivity contribution is 0.0474. The quantitative estimate of drug-likeness (QED) is 0.419. The molecular weight excluding hydrogens is 426 g/mol. The first-order valence-electron chi connectivity index (χ1n) is 10.6. The van der Waals surface area contributed by atoms with Gasteiger partial charge in [0.15, 0.2) is 35.7 Å². The second-order valence-electron chi connectivity index (χ2n) is 7.96. The number of nitrogens with zero attached hydrogens (tertiary/aromatic N) is 1. The van der Waals surface area contributed by atoms with Crippen molar-refractivity contribution >= 4 is 11.8 Å². The van der Waals surface area contributed by atoms with Gasteiger partial charge in [0.05, 0.1) is 12.1 Å². The van der Waals surface area contributed by atoms with Crippen LogP contribution < -0.4 is 18.9 Å². The molecule has 3 heterocycles. The van der Waals surface area contributed by atoms with Crippen molar-refractivity contribution in [2.75, 3.05) is 20.0 Å². The minimum Gasteiger partial charge on any atom is -0.486 e. The SMILES string of the molecule is Cc1cc(C(=O)COC(=O)c2ccc3c(c2)OCO3)c(C)n1C[C@@H]1COc2ccccc2O1. The van der Waals surface area contributed by atoms with Crippen LogP contribution in [0.5, 0.6) is 23.0 Å². The Kier molecular flexibility index (Phi) is 5.42. The van der Waals surface area contributed by atoms with E-state index in [4.69, 9.17) is 23.7 Å². The van der Waals surface area contributed by atoms with Gasteiger partial charge in [0.1, 0.15) is 6.61 Å². The molecule has 0 saturated heterocycles. The van der Waals surface area contributed by atoms with Crippen LogP contribution in [0.2, 0.25) is 0 Å². The van der Waals surface area contributed by atoms with Gasteiger partial charge in [-0.3, -0.25) is 4.79 Å². The number of carbonyl (C=O) groups is 2. The molecule has 3 aromatic rings. The van der Waals surface area contributed by atoms with Gasteiger partial charge in [-0.25, -0.2) is 4.79 Å². The van der Waals surface area contributed by atoms with E-state index in [1.807, 2.05) is 48.7 Å². The first-order valence-corrected chi connectivity index (χ1v) is 10.6. The molecule has 0 radical (unpaired) electrons. The number of rotatable bonds is 6. The van der Waals surface area contributed by atoms with E-state index in [1.54, 1.807) is 18.2 Å². The summed E-state index contributed by atoms with van der Waals surface area (Å²) in [7, 11) is 0. The van der Waals surface area contributed by atoms with Gasteiger partial charge in [-0.1, -0.05) is 12.1 Å². The first-order chi connectivity index (χ1) is 16.0. The van der Waals surface area contributed by atoms with Gasteiger partial charge >= 0.3 is 5.97 Å². The molecule has 0 amide bonds. The normalized spacial score (nSPS) is 15.9. The fraction of sp³-hybridized carbons (Fsp3) is 0.280. The molecule has 170 valence electrons. The number of para-hydroxylation sites is 2. The minimum absolute atomic E-state index is 0.118. The molecule has 2 aliphatic heterocycles. The average Bonchev–Trinajstić information content (AvgIpc) is 3.41. The maximum absolute atomic E-state index is 12.8. The van der Waals surface area contributed by atoms with Crippen LogP contribution in [0.3, 0.4) is 0 Å². The lowest BCUT2D eigenvalue weighted by Crippen LogP contribution is -2.33. The van der Waals surface area contributed by atoms with E-state index in [0.717, 1.165) is 17.1 Å². The molecule has 0 fully saturated rings. The van der Waals surface area contributed by atoms with Gasteiger partial charge in [-0.2, -0.15) is 0 Å². The van der Waals surface area contributed by atoms with Crippen molar-refractivity contribution in [2.24, 2.45) is 0 Å². The van der Waals surface area contributed by atoms with Crippen molar-refractivity contribution in [3.63, 3.8) is 0 Å². The van der Waals surface area contributed by atoms with Crippen molar-refractivity contribution < 1.29 is 33.3 Å². The molecule has 2 aliphatic rings. The minimum atomic E-state index is -0.595.